The van der Waals surface area contributed by atoms with Crippen molar-refractivity contribution in [2.75, 3.05) is 64.3 Å². The van der Waals surface area contributed by atoms with Gasteiger partial charge in [-0.15, -0.1) is 0 Å². The number of aromatic amines is 1. The summed E-state index contributed by atoms with van der Waals surface area (Å²) in [6.45, 7) is 8.23. The number of para-hydroxylation sites is 1. The van der Waals surface area contributed by atoms with Crippen molar-refractivity contribution in [3.05, 3.63) is 59.4 Å². The van der Waals surface area contributed by atoms with Gasteiger partial charge in [-0.05, 0) is 67.9 Å². The molecule has 0 bridgehead atoms. The number of carbonyl (C=O) groups excluding carboxylic acids is 3. The average Bonchev–Trinajstić information content (AvgIpc) is 3.52. The molecule has 3 fully saturated rings. The van der Waals surface area contributed by atoms with Crippen LogP contribution in [0.15, 0.2) is 42.7 Å². The summed E-state index contributed by atoms with van der Waals surface area (Å²) in [4.78, 5) is 56.3. The second-order valence-corrected chi connectivity index (χ2v) is 13.2. The van der Waals surface area contributed by atoms with Gasteiger partial charge in [0.05, 0.1) is 30.6 Å². The molecule has 12 heteroatoms. The van der Waals surface area contributed by atoms with Gasteiger partial charge in [0.1, 0.15) is 0 Å². The van der Waals surface area contributed by atoms with Crippen LogP contribution in [-0.2, 0) is 27.1 Å². The first-order valence-electron chi connectivity index (χ1n) is 17.1. The largest absolute Gasteiger partial charge is 0.436 e. The van der Waals surface area contributed by atoms with E-state index >= 15 is 0 Å². The summed E-state index contributed by atoms with van der Waals surface area (Å²) in [6.07, 6.45) is 4.42. The number of ether oxygens (including phenoxy) is 2. The van der Waals surface area contributed by atoms with Crippen LogP contribution < -0.4 is 5.32 Å². The molecule has 250 valence electrons. The molecule has 47 heavy (non-hydrogen) atoms. The normalized spacial score (nSPS) is 20.9. The van der Waals surface area contributed by atoms with Crippen molar-refractivity contribution in [2.24, 2.45) is 0 Å². The Kier molecular flexibility index (Phi) is 9.30. The molecule has 4 aliphatic rings. The first-order valence-corrected chi connectivity index (χ1v) is 17.1. The Morgan fingerprint density at radius 3 is 2.47 bits per heavy atom. The van der Waals surface area contributed by atoms with Gasteiger partial charge in [-0.25, -0.2) is 14.6 Å². The van der Waals surface area contributed by atoms with Crippen molar-refractivity contribution in [3.8, 4) is 0 Å². The van der Waals surface area contributed by atoms with Crippen molar-refractivity contribution >= 4 is 34.8 Å². The highest BCUT2D eigenvalue weighted by Crippen LogP contribution is 2.26. The van der Waals surface area contributed by atoms with E-state index in [1.807, 2.05) is 47.1 Å². The third-order valence-corrected chi connectivity index (χ3v) is 10.4. The van der Waals surface area contributed by atoms with Crippen LogP contribution in [0.3, 0.4) is 0 Å². The van der Waals surface area contributed by atoms with Crippen LogP contribution in [0.5, 0.6) is 0 Å². The number of imidazole rings is 1. The molecule has 3 saturated heterocycles. The number of fused-ring (bicyclic) bond motifs is 2. The van der Waals surface area contributed by atoms with E-state index in [0.29, 0.717) is 51.6 Å². The molecule has 0 aliphatic carbocycles. The number of aryl methyl sites for hydroxylation is 1. The predicted molar refractivity (Wildman–Crippen MR) is 177 cm³/mol. The molecule has 2 aromatic carbocycles. The van der Waals surface area contributed by atoms with Crippen molar-refractivity contribution in [1.29, 1.82) is 0 Å². The average molecular weight is 644 g/mol. The Bertz CT molecular complexity index is 1590. The van der Waals surface area contributed by atoms with E-state index in [1.165, 1.54) is 0 Å². The summed E-state index contributed by atoms with van der Waals surface area (Å²) in [5.41, 5.74) is 5.72. The van der Waals surface area contributed by atoms with Gasteiger partial charge in [-0.3, -0.25) is 9.69 Å². The zero-order valence-corrected chi connectivity index (χ0v) is 27.2. The van der Waals surface area contributed by atoms with Crippen LogP contribution in [0.1, 0.15) is 42.4 Å². The Balaban J connectivity index is 1.00. The number of benzene rings is 2. The smallest absolute Gasteiger partial charge is 0.410 e. The lowest BCUT2D eigenvalue weighted by molar-refractivity contribution is -0.142. The summed E-state index contributed by atoms with van der Waals surface area (Å²) >= 11 is 0. The third-order valence-electron chi connectivity index (χ3n) is 10.4. The number of morpholine rings is 1. The monoisotopic (exact) mass is 643 g/mol. The molecule has 0 radical (unpaired) electrons. The lowest BCUT2D eigenvalue weighted by Crippen LogP contribution is -2.53. The third kappa shape index (κ3) is 6.94. The molecule has 5 heterocycles. The summed E-state index contributed by atoms with van der Waals surface area (Å²) < 4.78 is 11.6. The highest BCUT2D eigenvalue weighted by molar-refractivity contribution is 5.91. The van der Waals surface area contributed by atoms with Crippen molar-refractivity contribution in [1.82, 2.24) is 29.6 Å². The Hall–Kier alpha value is -4.16. The van der Waals surface area contributed by atoms with Crippen molar-refractivity contribution < 1.29 is 23.9 Å². The van der Waals surface area contributed by atoms with Gasteiger partial charge in [0.15, 0.2) is 6.10 Å². The van der Waals surface area contributed by atoms with E-state index in [9.17, 15) is 14.4 Å². The molecule has 4 amide bonds. The van der Waals surface area contributed by atoms with Gasteiger partial charge in [0, 0.05) is 70.0 Å². The number of amides is 4. The molecule has 7 rings (SSSR count). The van der Waals surface area contributed by atoms with Gasteiger partial charge in [0.2, 0.25) is 0 Å². The fourth-order valence-corrected chi connectivity index (χ4v) is 7.70. The fourth-order valence-electron chi connectivity index (χ4n) is 7.70. The summed E-state index contributed by atoms with van der Waals surface area (Å²) in [6, 6.07) is 12.3. The molecule has 0 unspecified atom stereocenters. The number of nitrogens with one attached hydrogen (secondary N) is 2. The van der Waals surface area contributed by atoms with Gasteiger partial charge >= 0.3 is 12.1 Å². The minimum absolute atomic E-state index is 0.0297. The number of urea groups is 1. The second kappa shape index (κ2) is 13.9. The number of anilines is 1. The molecule has 1 atom stereocenters. The molecular weight excluding hydrogens is 598 g/mol. The van der Waals surface area contributed by atoms with Crippen LogP contribution in [0.25, 0.3) is 11.0 Å². The predicted octanol–water partition coefficient (Wildman–Crippen LogP) is 3.80. The number of rotatable bonds is 6. The Morgan fingerprint density at radius 1 is 0.957 bits per heavy atom. The number of aromatic nitrogens is 2. The summed E-state index contributed by atoms with van der Waals surface area (Å²) in [5.74, 6) is -0.144. The fraction of sp³-hybridized carbons (Fsp3) is 0.543. The van der Waals surface area contributed by atoms with Gasteiger partial charge in [0.25, 0.3) is 5.91 Å². The Labute approximate surface area is 275 Å². The number of H-pyrrole nitrogens is 1. The summed E-state index contributed by atoms with van der Waals surface area (Å²) in [7, 11) is 0. The topological polar surface area (TPSA) is 123 Å². The number of carbonyl (C=O) groups is 3. The van der Waals surface area contributed by atoms with Gasteiger partial charge in [-0.1, -0.05) is 24.3 Å². The molecular formula is C35H45N7O5. The van der Waals surface area contributed by atoms with Gasteiger partial charge < -0.3 is 34.5 Å². The number of nitrogens with zero attached hydrogens (tertiary/aromatic N) is 5. The maximum atomic E-state index is 14.0. The molecule has 1 aromatic heterocycles. The van der Waals surface area contributed by atoms with E-state index in [4.69, 9.17) is 9.47 Å². The highest BCUT2D eigenvalue weighted by atomic mass is 16.6. The van der Waals surface area contributed by atoms with E-state index in [2.05, 4.69) is 26.3 Å². The van der Waals surface area contributed by atoms with Crippen LogP contribution in [0.4, 0.5) is 15.3 Å². The molecule has 3 aromatic rings. The number of likely N-dealkylation sites (tertiary alicyclic amines) is 2. The molecule has 12 nitrogen and oxygen atoms in total. The highest BCUT2D eigenvalue weighted by Gasteiger charge is 2.36. The van der Waals surface area contributed by atoms with Crippen molar-refractivity contribution in [3.63, 3.8) is 0 Å². The number of piperidine rings is 2. The molecule has 0 saturated carbocycles. The zero-order chi connectivity index (χ0) is 32.3. The lowest BCUT2D eigenvalue weighted by atomic mass is 10.00. The molecule has 2 N–H and O–H groups in total. The SMILES string of the molecule is Cc1cc(C[C@@H](OC(=O)N2CCC(N3CCc4ccccc4NC3=O)CC2)C(=O)N2CCC(N3CCOCC3)CC2)cc2nc[nH]c12. The molecule has 0 spiro atoms. The maximum absolute atomic E-state index is 14.0. The van der Waals surface area contributed by atoms with E-state index < -0.39 is 12.2 Å². The number of hydrogen-bond acceptors (Lipinski definition) is 7. The standard InChI is InChI=1S/C35H45N7O5/c1-24-20-25(21-30-32(24)37-23-36-30)22-31(33(43)40-11-7-27(8-12-40)39-16-18-46-19-17-39)47-35(45)41-13-9-28(10-14-41)42-15-6-26-4-2-3-5-29(26)38-34(42)44/h2-5,20-21,23,27-28,31H,6-19,22H2,1H3,(H,36,37)(H,38,44)/t31-/m1/s1. The zero-order valence-electron chi connectivity index (χ0n) is 27.2. The van der Waals surface area contributed by atoms with Crippen LogP contribution in [-0.4, -0.2) is 125 Å². The van der Waals surface area contributed by atoms with Gasteiger partial charge in [-0.2, -0.15) is 0 Å². The second-order valence-electron chi connectivity index (χ2n) is 13.2. The first kappa shape index (κ1) is 31.4. The minimum Gasteiger partial charge on any atom is -0.436 e. The Morgan fingerprint density at radius 2 is 1.68 bits per heavy atom. The number of hydrogen-bond donors (Lipinski definition) is 2. The minimum atomic E-state index is -0.939. The molecule has 4 aliphatic heterocycles. The summed E-state index contributed by atoms with van der Waals surface area (Å²) in [5, 5.41) is 3.06. The van der Waals surface area contributed by atoms with Crippen LogP contribution in [0.2, 0.25) is 0 Å². The van der Waals surface area contributed by atoms with Crippen LogP contribution >= 0.6 is 0 Å². The maximum Gasteiger partial charge on any atom is 0.410 e. The van der Waals surface area contributed by atoms with E-state index in [0.717, 1.165) is 79.0 Å². The quantitative estimate of drug-likeness (QED) is 0.419. The van der Waals surface area contributed by atoms with E-state index in [1.54, 1.807) is 11.2 Å². The van der Waals surface area contributed by atoms with E-state index in [-0.39, 0.29) is 24.4 Å². The lowest BCUT2D eigenvalue weighted by Gasteiger charge is -2.41. The first-order chi connectivity index (χ1) is 22.9. The van der Waals surface area contributed by atoms with Crippen LogP contribution in [0, 0.1) is 6.92 Å². The van der Waals surface area contributed by atoms with Crippen molar-refractivity contribution in [2.45, 2.75) is 63.6 Å².